The third kappa shape index (κ3) is 3.06. The van der Waals surface area contributed by atoms with Crippen LogP contribution in [0.25, 0.3) is 0 Å². The summed E-state index contributed by atoms with van der Waals surface area (Å²) >= 11 is 3.91. The molecule has 1 N–H and O–H groups in total. The third-order valence-electron chi connectivity index (χ3n) is 6.48. The van der Waals surface area contributed by atoms with Gasteiger partial charge in [0.1, 0.15) is 0 Å². The Hall–Kier alpha value is -0.580. The number of halogens is 1. The van der Waals surface area contributed by atoms with Crippen LogP contribution in [0.4, 0.5) is 0 Å². The van der Waals surface area contributed by atoms with E-state index in [1.165, 1.54) is 32.1 Å². The second-order valence-electron chi connectivity index (χ2n) is 8.52. The van der Waals surface area contributed by atoms with Crippen molar-refractivity contribution in [2.45, 2.75) is 74.6 Å². The molecular formula is C18H26BrNO3. The molecule has 5 rings (SSSR count). The van der Waals surface area contributed by atoms with Gasteiger partial charge in [-0.25, -0.2) is 0 Å². The molecule has 4 bridgehead atoms. The number of carbonyl (C=O) groups excluding carboxylic acids is 2. The minimum atomic E-state index is -0.332. The Kier molecular flexibility index (Phi) is 3.98. The first-order valence-corrected chi connectivity index (χ1v) is 9.91. The van der Waals surface area contributed by atoms with Crippen LogP contribution in [0.15, 0.2) is 0 Å². The zero-order valence-electron chi connectivity index (χ0n) is 13.6. The minimum absolute atomic E-state index is 0.109. The highest BCUT2D eigenvalue weighted by Crippen LogP contribution is 2.64. The van der Waals surface area contributed by atoms with Gasteiger partial charge in [-0.2, -0.15) is 0 Å². The summed E-state index contributed by atoms with van der Waals surface area (Å²) in [7, 11) is 0. The fourth-order valence-corrected chi connectivity index (χ4v) is 7.47. The van der Waals surface area contributed by atoms with E-state index in [4.69, 9.17) is 4.74 Å². The molecule has 128 valence electrons. The number of carbonyl (C=O) groups is 2. The number of hydrogen-bond donors (Lipinski definition) is 1. The summed E-state index contributed by atoms with van der Waals surface area (Å²) in [5.74, 6) is 1.03. The lowest BCUT2D eigenvalue weighted by Crippen LogP contribution is -2.56. The van der Waals surface area contributed by atoms with E-state index in [-0.39, 0.29) is 34.3 Å². The maximum Gasteiger partial charge on any atom is 0.312 e. The number of amides is 1. The van der Waals surface area contributed by atoms with Crippen molar-refractivity contribution in [3.63, 3.8) is 0 Å². The van der Waals surface area contributed by atoms with Gasteiger partial charge in [-0.1, -0.05) is 28.8 Å². The highest BCUT2D eigenvalue weighted by molar-refractivity contribution is 9.10. The van der Waals surface area contributed by atoms with Crippen LogP contribution in [0.5, 0.6) is 0 Å². The predicted octanol–water partition coefficient (Wildman–Crippen LogP) is 3.32. The van der Waals surface area contributed by atoms with Gasteiger partial charge in [-0.3, -0.25) is 9.59 Å². The van der Waals surface area contributed by atoms with E-state index < -0.39 is 0 Å². The normalized spacial score (nSPS) is 42.0. The smallest absolute Gasteiger partial charge is 0.312 e. The van der Waals surface area contributed by atoms with Crippen LogP contribution < -0.4 is 5.32 Å². The van der Waals surface area contributed by atoms with E-state index in [1.54, 1.807) is 0 Å². The summed E-state index contributed by atoms with van der Waals surface area (Å²) in [5, 5.41) is 2.99. The first kappa shape index (κ1) is 15.9. The van der Waals surface area contributed by atoms with Crippen molar-refractivity contribution in [3.8, 4) is 0 Å². The van der Waals surface area contributed by atoms with Crippen LogP contribution in [0.3, 0.4) is 0 Å². The molecule has 0 spiro atoms. The summed E-state index contributed by atoms with van der Waals surface area (Å²) in [6.45, 7) is -0.109. The van der Waals surface area contributed by atoms with Gasteiger partial charge in [-0.05, 0) is 63.2 Å². The summed E-state index contributed by atoms with van der Waals surface area (Å²) in [5.41, 5.74) is -0.332. The Morgan fingerprint density at radius 3 is 2.35 bits per heavy atom. The molecule has 0 heterocycles. The van der Waals surface area contributed by atoms with Gasteiger partial charge in [0.25, 0.3) is 5.91 Å². The second kappa shape index (κ2) is 5.75. The van der Waals surface area contributed by atoms with Gasteiger partial charge in [-0.15, -0.1) is 0 Å². The third-order valence-corrected chi connectivity index (χ3v) is 7.41. The highest BCUT2D eigenvalue weighted by atomic mass is 79.9. The molecule has 23 heavy (non-hydrogen) atoms. The quantitative estimate of drug-likeness (QED) is 0.598. The Morgan fingerprint density at radius 1 is 1.09 bits per heavy atom. The zero-order valence-corrected chi connectivity index (χ0v) is 15.2. The molecule has 4 nitrogen and oxygen atoms in total. The van der Waals surface area contributed by atoms with Crippen molar-refractivity contribution in [2.24, 2.45) is 17.3 Å². The number of alkyl halides is 1. The minimum Gasteiger partial charge on any atom is -0.455 e. The Bertz CT molecular complexity index is 500. The van der Waals surface area contributed by atoms with Crippen molar-refractivity contribution in [1.82, 2.24) is 5.32 Å². The van der Waals surface area contributed by atoms with E-state index in [9.17, 15) is 9.59 Å². The van der Waals surface area contributed by atoms with Gasteiger partial charge >= 0.3 is 5.97 Å². The molecule has 0 saturated heterocycles. The van der Waals surface area contributed by atoms with Crippen LogP contribution in [-0.2, 0) is 14.3 Å². The number of esters is 1. The van der Waals surface area contributed by atoms with E-state index in [0.717, 1.165) is 32.1 Å². The second-order valence-corrected chi connectivity index (χ2v) is 10.2. The van der Waals surface area contributed by atoms with Crippen molar-refractivity contribution in [2.75, 3.05) is 6.61 Å². The molecule has 0 aromatic carbocycles. The van der Waals surface area contributed by atoms with Crippen LogP contribution >= 0.6 is 15.9 Å². The van der Waals surface area contributed by atoms with E-state index in [2.05, 4.69) is 21.2 Å². The topological polar surface area (TPSA) is 55.4 Å². The van der Waals surface area contributed by atoms with Crippen molar-refractivity contribution < 1.29 is 14.3 Å². The lowest BCUT2D eigenvalue weighted by molar-refractivity contribution is -0.171. The number of hydrogen-bond acceptors (Lipinski definition) is 3. The molecule has 5 aliphatic rings. The van der Waals surface area contributed by atoms with Gasteiger partial charge in [0.15, 0.2) is 6.61 Å². The standard InChI is InChI=1S/C18H26BrNO3/c19-18-8-12-5-13(9-18)7-17(6-12,11-18)16(22)23-10-15(21)20-14-3-1-2-4-14/h12-14H,1-11H2,(H,20,21)/t12-,13+,17?,18?. The van der Waals surface area contributed by atoms with E-state index >= 15 is 0 Å². The maximum atomic E-state index is 12.8. The molecule has 5 aliphatic carbocycles. The molecular weight excluding hydrogens is 358 g/mol. The van der Waals surface area contributed by atoms with Crippen molar-refractivity contribution in [3.05, 3.63) is 0 Å². The fourth-order valence-electron chi connectivity index (χ4n) is 6.01. The van der Waals surface area contributed by atoms with Gasteiger partial charge in [0.2, 0.25) is 0 Å². The maximum absolute atomic E-state index is 12.8. The van der Waals surface area contributed by atoms with Crippen molar-refractivity contribution in [1.29, 1.82) is 0 Å². The zero-order chi connectivity index (χ0) is 16.1. The lowest BCUT2D eigenvalue weighted by Gasteiger charge is -2.58. The molecule has 0 aromatic rings. The van der Waals surface area contributed by atoms with Gasteiger partial charge in [0.05, 0.1) is 5.41 Å². The molecule has 1 amide bonds. The molecule has 5 fully saturated rings. The monoisotopic (exact) mass is 383 g/mol. The molecule has 5 heteroatoms. The number of rotatable bonds is 4. The summed E-state index contributed by atoms with van der Waals surface area (Å²) in [4.78, 5) is 24.8. The predicted molar refractivity (Wildman–Crippen MR) is 90.1 cm³/mol. The SMILES string of the molecule is O=C(COC(=O)C12C[C@@H]3C[C@@H](CC(Br)(C3)C1)C2)NC1CCCC1. The average molecular weight is 384 g/mol. The molecule has 4 atom stereocenters. The molecule has 0 aromatic heterocycles. The highest BCUT2D eigenvalue weighted by Gasteiger charge is 2.60. The van der Waals surface area contributed by atoms with E-state index in [1.807, 2.05) is 0 Å². The molecule has 2 unspecified atom stereocenters. The fraction of sp³-hybridized carbons (Fsp3) is 0.889. The van der Waals surface area contributed by atoms with Gasteiger partial charge in [0, 0.05) is 10.4 Å². The molecule has 0 aliphatic heterocycles. The van der Waals surface area contributed by atoms with Crippen LogP contribution in [0.1, 0.15) is 64.2 Å². The van der Waals surface area contributed by atoms with Crippen LogP contribution in [-0.4, -0.2) is 28.8 Å². The summed E-state index contributed by atoms with van der Waals surface area (Å²) in [6.07, 6.45) is 10.9. The first-order valence-electron chi connectivity index (χ1n) is 9.12. The average Bonchev–Trinajstić information content (AvgIpc) is 2.95. The Labute approximate surface area is 146 Å². The number of nitrogens with one attached hydrogen (secondary N) is 1. The van der Waals surface area contributed by atoms with E-state index in [0.29, 0.717) is 11.8 Å². The molecule has 5 saturated carbocycles. The lowest BCUT2D eigenvalue weighted by atomic mass is 9.49. The number of ether oxygens (including phenoxy) is 1. The summed E-state index contributed by atoms with van der Waals surface area (Å²) < 4.78 is 5.61. The molecule has 0 radical (unpaired) electrons. The summed E-state index contributed by atoms with van der Waals surface area (Å²) in [6, 6.07) is 0.284. The van der Waals surface area contributed by atoms with Gasteiger partial charge < -0.3 is 10.1 Å². The largest absolute Gasteiger partial charge is 0.455 e. The van der Waals surface area contributed by atoms with Crippen molar-refractivity contribution >= 4 is 27.8 Å². The Balaban J connectivity index is 1.34. The van der Waals surface area contributed by atoms with Crippen LogP contribution in [0, 0.1) is 17.3 Å². The first-order chi connectivity index (χ1) is 11.0. The van der Waals surface area contributed by atoms with Crippen LogP contribution in [0.2, 0.25) is 0 Å². The Morgan fingerprint density at radius 2 is 1.74 bits per heavy atom.